The molecule has 0 atom stereocenters. The molecule has 3 rings (SSSR count). The Kier molecular flexibility index (Phi) is 6.77. The molecule has 0 saturated carbocycles. The Morgan fingerprint density at radius 3 is 2.52 bits per heavy atom. The van der Waals surface area contributed by atoms with E-state index in [4.69, 9.17) is 34.4 Å². The van der Waals surface area contributed by atoms with Crippen LogP contribution in [0.3, 0.4) is 0 Å². The van der Waals surface area contributed by atoms with Crippen LogP contribution in [-0.2, 0) is 6.54 Å². The lowest BCUT2D eigenvalue weighted by molar-refractivity contribution is 0.103. The van der Waals surface area contributed by atoms with Crippen LogP contribution in [0.2, 0.25) is 5.02 Å². The van der Waals surface area contributed by atoms with Crippen LogP contribution in [0.15, 0.2) is 66.9 Å². The summed E-state index contributed by atoms with van der Waals surface area (Å²) in [6, 6.07) is 17.5. The van der Waals surface area contributed by atoms with E-state index in [1.807, 2.05) is 24.3 Å². The predicted molar refractivity (Wildman–Crippen MR) is 118 cm³/mol. The first-order chi connectivity index (χ1) is 14.0. The summed E-state index contributed by atoms with van der Waals surface area (Å²) in [6.07, 6.45) is 1.58. The Bertz CT molecular complexity index is 1010. The number of anilines is 1. The highest BCUT2D eigenvalue weighted by molar-refractivity contribution is 7.80. The van der Waals surface area contributed by atoms with Crippen LogP contribution in [0.25, 0.3) is 0 Å². The van der Waals surface area contributed by atoms with Gasteiger partial charge in [-0.05, 0) is 66.3 Å². The van der Waals surface area contributed by atoms with Gasteiger partial charge in [0.15, 0.2) is 10.9 Å². The molecule has 3 aromatic rings. The summed E-state index contributed by atoms with van der Waals surface area (Å²) in [4.78, 5) is 17.1. The minimum Gasteiger partial charge on any atom is -0.497 e. The molecule has 1 aromatic heterocycles. The summed E-state index contributed by atoms with van der Waals surface area (Å²) >= 11 is 11.3. The Morgan fingerprint density at radius 2 is 1.86 bits per heavy atom. The first kappa shape index (κ1) is 20.7. The maximum Gasteiger partial charge on any atom is 0.196 e. The normalized spacial score (nSPS) is 10.3. The number of hydrazine groups is 1. The van der Waals surface area contributed by atoms with Crippen LogP contribution in [0.1, 0.15) is 21.5 Å². The first-order valence-electron chi connectivity index (χ1n) is 8.69. The van der Waals surface area contributed by atoms with E-state index in [1.165, 1.54) is 5.01 Å². The molecule has 2 aromatic carbocycles. The van der Waals surface area contributed by atoms with Gasteiger partial charge in [-0.3, -0.25) is 9.80 Å². The summed E-state index contributed by atoms with van der Waals surface area (Å²) in [5, 5.41) is 5.14. The Labute approximate surface area is 179 Å². The molecule has 0 unspecified atom stereocenters. The molecule has 0 radical (unpaired) electrons. The third-order valence-electron chi connectivity index (χ3n) is 4.16. The maximum atomic E-state index is 12.9. The van der Waals surface area contributed by atoms with E-state index in [9.17, 15) is 4.79 Å². The number of thiocarbonyl (C=S) groups is 1. The van der Waals surface area contributed by atoms with Gasteiger partial charge < -0.3 is 10.1 Å². The molecular formula is C21H19ClN4O2S. The zero-order valence-electron chi connectivity index (χ0n) is 15.6. The largest absolute Gasteiger partial charge is 0.497 e. The number of ketones is 1. The predicted octanol–water partition coefficient (Wildman–Crippen LogP) is 4.05. The average molecular weight is 427 g/mol. The second-order valence-electron chi connectivity index (χ2n) is 6.14. The molecule has 0 aliphatic heterocycles. The van der Waals surface area contributed by atoms with E-state index >= 15 is 0 Å². The van der Waals surface area contributed by atoms with E-state index in [-0.39, 0.29) is 10.9 Å². The molecule has 29 heavy (non-hydrogen) atoms. The van der Waals surface area contributed by atoms with Crippen molar-refractivity contribution >= 4 is 40.5 Å². The van der Waals surface area contributed by atoms with E-state index in [1.54, 1.807) is 49.7 Å². The maximum absolute atomic E-state index is 12.9. The number of carbonyl (C=O) groups excluding carboxylic acids is 1. The summed E-state index contributed by atoms with van der Waals surface area (Å²) in [5.41, 5.74) is 1.84. The van der Waals surface area contributed by atoms with Crippen molar-refractivity contribution in [3.05, 3.63) is 88.6 Å². The van der Waals surface area contributed by atoms with Crippen molar-refractivity contribution in [3.63, 3.8) is 0 Å². The smallest absolute Gasteiger partial charge is 0.196 e. The number of ether oxygens (including phenoxy) is 1. The van der Waals surface area contributed by atoms with E-state index in [0.29, 0.717) is 28.5 Å². The number of benzene rings is 2. The molecule has 8 heteroatoms. The van der Waals surface area contributed by atoms with Gasteiger partial charge in [0.25, 0.3) is 0 Å². The van der Waals surface area contributed by atoms with Gasteiger partial charge in [0.2, 0.25) is 0 Å². The van der Waals surface area contributed by atoms with E-state index < -0.39 is 0 Å². The molecule has 0 saturated heterocycles. The van der Waals surface area contributed by atoms with Crippen molar-refractivity contribution in [2.45, 2.75) is 6.54 Å². The molecule has 0 aliphatic rings. The Balaban J connectivity index is 1.73. The number of pyridine rings is 1. The fourth-order valence-electron chi connectivity index (χ4n) is 2.62. The van der Waals surface area contributed by atoms with Crippen LogP contribution in [0.5, 0.6) is 5.75 Å². The van der Waals surface area contributed by atoms with Crippen molar-refractivity contribution in [2.24, 2.45) is 5.84 Å². The van der Waals surface area contributed by atoms with Crippen molar-refractivity contribution in [1.29, 1.82) is 0 Å². The lowest BCUT2D eigenvalue weighted by Crippen LogP contribution is -2.40. The molecule has 0 aliphatic carbocycles. The zero-order valence-corrected chi connectivity index (χ0v) is 17.2. The number of nitrogens with zero attached hydrogens (tertiary/aromatic N) is 2. The second kappa shape index (κ2) is 9.47. The van der Waals surface area contributed by atoms with Crippen molar-refractivity contribution in [1.82, 2.24) is 9.99 Å². The molecular weight excluding hydrogens is 408 g/mol. The Hall–Kier alpha value is -3.00. The fraction of sp³-hybridized carbons (Fsp3) is 0.0952. The van der Waals surface area contributed by atoms with Gasteiger partial charge >= 0.3 is 0 Å². The average Bonchev–Trinajstić information content (AvgIpc) is 2.74. The minimum atomic E-state index is -0.196. The number of halogens is 1. The topological polar surface area (TPSA) is 80.5 Å². The first-order valence-corrected chi connectivity index (χ1v) is 9.48. The quantitative estimate of drug-likeness (QED) is 0.266. The zero-order chi connectivity index (χ0) is 20.8. The molecule has 0 amide bonds. The molecule has 6 nitrogen and oxygen atoms in total. The van der Waals surface area contributed by atoms with Crippen LogP contribution < -0.4 is 15.9 Å². The fourth-order valence-corrected chi connectivity index (χ4v) is 2.90. The number of nitrogens with two attached hydrogens (primary N) is 1. The van der Waals surface area contributed by atoms with Crippen LogP contribution in [0, 0.1) is 0 Å². The van der Waals surface area contributed by atoms with Gasteiger partial charge in [-0.15, -0.1) is 0 Å². The highest BCUT2D eigenvalue weighted by Gasteiger charge is 2.16. The molecule has 1 heterocycles. The van der Waals surface area contributed by atoms with E-state index in [2.05, 4.69) is 10.3 Å². The number of methoxy groups -OCH3 is 1. The molecule has 148 valence electrons. The summed E-state index contributed by atoms with van der Waals surface area (Å²) in [5.74, 6) is 6.99. The lowest BCUT2D eigenvalue weighted by atomic mass is 10.0. The lowest BCUT2D eigenvalue weighted by Gasteiger charge is -2.21. The van der Waals surface area contributed by atoms with Crippen molar-refractivity contribution < 1.29 is 9.53 Å². The number of hydrogen-bond acceptors (Lipinski definition) is 5. The molecule has 0 fully saturated rings. The van der Waals surface area contributed by atoms with Crippen molar-refractivity contribution in [3.8, 4) is 5.75 Å². The highest BCUT2D eigenvalue weighted by Crippen LogP contribution is 2.19. The number of carbonyl (C=O) groups is 1. The number of rotatable bonds is 6. The standard InChI is InChI=1S/C21H19ClN4O2S/c1-28-17-10-4-14(5-11-17)13-26(23)21(29)25-20-18(3-2-12-24-20)19(27)15-6-8-16(22)9-7-15/h2-12H,13,23H2,1H3,(H,24,25,29). The van der Waals surface area contributed by atoms with E-state index in [0.717, 1.165) is 11.3 Å². The third-order valence-corrected chi connectivity index (χ3v) is 4.75. The van der Waals surface area contributed by atoms with Crippen LogP contribution >= 0.6 is 23.8 Å². The van der Waals surface area contributed by atoms with Gasteiger partial charge in [-0.2, -0.15) is 0 Å². The van der Waals surface area contributed by atoms with Crippen LogP contribution in [0.4, 0.5) is 5.82 Å². The van der Waals surface area contributed by atoms with Gasteiger partial charge in [0.1, 0.15) is 11.6 Å². The summed E-state index contributed by atoms with van der Waals surface area (Å²) < 4.78 is 5.15. The summed E-state index contributed by atoms with van der Waals surface area (Å²) in [6.45, 7) is 0.378. The summed E-state index contributed by atoms with van der Waals surface area (Å²) in [7, 11) is 1.61. The van der Waals surface area contributed by atoms with Crippen LogP contribution in [-0.4, -0.2) is 28.0 Å². The number of aromatic nitrogens is 1. The van der Waals surface area contributed by atoms with Gasteiger partial charge in [-0.1, -0.05) is 23.7 Å². The molecule has 0 bridgehead atoms. The third kappa shape index (κ3) is 5.29. The number of nitrogens with one attached hydrogen (secondary N) is 1. The Morgan fingerprint density at radius 1 is 1.17 bits per heavy atom. The highest BCUT2D eigenvalue weighted by atomic mass is 35.5. The van der Waals surface area contributed by atoms with Gasteiger partial charge in [-0.25, -0.2) is 10.8 Å². The monoisotopic (exact) mass is 426 g/mol. The molecule has 3 N–H and O–H groups in total. The SMILES string of the molecule is COc1ccc(CN(N)C(=S)Nc2ncccc2C(=O)c2ccc(Cl)cc2)cc1. The van der Waals surface area contributed by atoms with Gasteiger partial charge in [0.05, 0.1) is 19.2 Å². The van der Waals surface area contributed by atoms with Gasteiger partial charge in [0, 0.05) is 16.8 Å². The molecule has 0 spiro atoms. The second-order valence-corrected chi connectivity index (χ2v) is 6.96. The minimum absolute atomic E-state index is 0.196. The van der Waals surface area contributed by atoms with Crippen molar-refractivity contribution in [2.75, 3.05) is 12.4 Å². The number of hydrogen-bond donors (Lipinski definition) is 2.